The van der Waals surface area contributed by atoms with E-state index in [0.717, 1.165) is 55.5 Å². The molecule has 1 aliphatic carbocycles. The van der Waals surface area contributed by atoms with E-state index in [4.69, 9.17) is 0 Å². The Morgan fingerprint density at radius 1 is 1.14 bits per heavy atom. The summed E-state index contributed by atoms with van der Waals surface area (Å²) in [6, 6.07) is 10.8. The van der Waals surface area contributed by atoms with E-state index >= 15 is 0 Å². The zero-order valence-corrected chi connectivity index (χ0v) is 16.7. The van der Waals surface area contributed by atoms with E-state index in [0.29, 0.717) is 11.7 Å². The van der Waals surface area contributed by atoms with Crippen LogP contribution in [0.2, 0.25) is 0 Å². The molecule has 2 N–H and O–H groups in total. The van der Waals surface area contributed by atoms with Crippen molar-refractivity contribution in [2.24, 2.45) is 0 Å². The molecule has 0 atom stereocenters. The van der Waals surface area contributed by atoms with E-state index in [2.05, 4.69) is 45.2 Å². The number of anilines is 1. The molecule has 0 bridgehead atoms. The van der Waals surface area contributed by atoms with Gasteiger partial charge in [0.05, 0.1) is 11.7 Å². The number of aromatic nitrogens is 3. The minimum absolute atomic E-state index is 0. The zero-order valence-electron chi connectivity index (χ0n) is 15.9. The monoisotopic (exact) mass is 397 g/mol. The predicted molar refractivity (Wildman–Crippen MR) is 112 cm³/mol. The molecule has 0 saturated carbocycles. The fourth-order valence-corrected chi connectivity index (χ4v) is 4.49. The van der Waals surface area contributed by atoms with Crippen molar-refractivity contribution in [2.45, 2.75) is 38.6 Å². The molecule has 1 amide bonds. The SMILES string of the molecule is Cc1c(C(=O)Nc2ccc3c4c(cccc24)CC3)nnn1C1CCNCC1.Cl. The summed E-state index contributed by atoms with van der Waals surface area (Å²) in [7, 11) is 0. The van der Waals surface area contributed by atoms with Crippen molar-refractivity contribution in [3.8, 4) is 0 Å². The molecule has 28 heavy (non-hydrogen) atoms. The molecule has 1 aromatic heterocycles. The lowest BCUT2D eigenvalue weighted by molar-refractivity contribution is 0.102. The summed E-state index contributed by atoms with van der Waals surface area (Å²) in [5.41, 5.74) is 4.83. The fourth-order valence-electron chi connectivity index (χ4n) is 4.49. The molecule has 1 aliphatic heterocycles. The number of hydrogen-bond acceptors (Lipinski definition) is 4. The van der Waals surface area contributed by atoms with Crippen molar-refractivity contribution in [1.82, 2.24) is 20.3 Å². The quantitative estimate of drug-likeness (QED) is 0.710. The summed E-state index contributed by atoms with van der Waals surface area (Å²) in [6.45, 7) is 3.89. The van der Waals surface area contributed by atoms with E-state index in [1.807, 2.05) is 17.7 Å². The number of nitrogens with zero attached hydrogens (tertiary/aromatic N) is 3. The number of amides is 1. The highest BCUT2D eigenvalue weighted by molar-refractivity contribution is 6.10. The van der Waals surface area contributed by atoms with Crippen molar-refractivity contribution in [2.75, 3.05) is 18.4 Å². The normalized spacial score (nSPS) is 16.2. The first-order valence-corrected chi connectivity index (χ1v) is 9.69. The van der Waals surface area contributed by atoms with Gasteiger partial charge in [-0.05, 0) is 68.3 Å². The molecule has 2 heterocycles. The largest absolute Gasteiger partial charge is 0.320 e. The van der Waals surface area contributed by atoms with Crippen LogP contribution in [0.4, 0.5) is 5.69 Å². The predicted octanol–water partition coefficient (Wildman–Crippen LogP) is 3.44. The molecule has 0 unspecified atom stereocenters. The second-order valence-corrected chi connectivity index (χ2v) is 7.52. The Kier molecular flexibility index (Phi) is 5.08. The molecule has 0 radical (unpaired) electrons. The van der Waals surface area contributed by atoms with E-state index in [1.165, 1.54) is 16.5 Å². The highest BCUT2D eigenvalue weighted by Crippen LogP contribution is 2.35. The minimum Gasteiger partial charge on any atom is -0.320 e. The van der Waals surface area contributed by atoms with Crippen LogP contribution >= 0.6 is 12.4 Å². The highest BCUT2D eigenvalue weighted by atomic mass is 35.5. The average molecular weight is 398 g/mol. The van der Waals surface area contributed by atoms with E-state index in [1.54, 1.807) is 0 Å². The van der Waals surface area contributed by atoms with Gasteiger partial charge in [0, 0.05) is 11.1 Å². The molecule has 2 aliphatic rings. The lowest BCUT2D eigenvalue weighted by Gasteiger charge is -2.23. The van der Waals surface area contributed by atoms with Crippen LogP contribution in [-0.2, 0) is 12.8 Å². The van der Waals surface area contributed by atoms with Gasteiger partial charge in [-0.1, -0.05) is 29.5 Å². The van der Waals surface area contributed by atoms with Gasteiger partial charge in [0.2, 0.25) is 0 Å². The van der Waals surface area contributed by atoms with Crippen molar-refractivity contribution >= 4 is 34.8 Å². The van der Waals surface area contributed by atoms with Crippen LogP contribution in [-0.4, -0.2) is 34.0 Å². The third kappa shape index (κ3) is 3.06. The lowest BCUT2D eigenvalue weighted by Crippen LogP contribution is -2.30. The van der Waals surface area contributed by atoms with Crippen LogP contribution in [0.15, 0.2) is 30.3 Å². The molecule has 0 spiro atoms. The van der Waals surface area contributed by atoms with E-state index < -0.39 is 0 Å². The maximum Gasteiger partial charge on any atom is 0.278 e. The lowest BCUT2D eigenvalue weighted by atomic mass is 10.0. The number of benzene rings is 2. The molecule has 146 valence electrons. The molecule has 3 aromatic rings. The molecule has 1 saturated heterocycles. The van der Waals surface area contributed by atoms with Crippen LogP contribution < -0.4 is 10.6 Å². The van der Waals surface area contributed by atoms with Gasteiger partial charge in [-0.2, -0.15) is 0 Å². The van der Waals surface area contributed by atoms with Gasteiger partial charge in [0.25, 0.3) is 5.91 Å². The van der Waals surface area contributed by atoms with Crippen LogP contribution in [0.25, 0.3) is 10.8 Å². The Bertz CT molecular complexity index is 1030. The molecule has 6 nitrogen and oxygen atoms in total. The Labute approximate surface area is 170 Å². The number of rotatable bonds is 3. The summed E-state index contributed by atoms with van der Waals surface area (Å²) in [6.07, 6.45) is 4.18. The number of carbonyl (C=O) groups excluding carboxylic acids is 1. The fraction of sp³-hybridized carbons (Fsp3) is 0.381. The zero-order chi connectivity index (χ0) is 18.4. The number of halogens is 1. The Morgan fingerprint density at radius 3 is 2.68 bits per heavy atom. The first kappa shape index (κ1) is 18.9. The number of aryl methyl sites for hydroxylation is 2. The van der Waals surface area contributed by atoms with E-state index in [-0.39, 0.29) is 18.3 Å². The van der Waals surface area contributed by atoms with Crippen LogP contribution in [0, 0.1) is 6.92 Å². The summed E-state index contributed by atoms with van der Waals surface area (Å²) >= 11 is 0. The maximum atomic E-state index is 12.9. The summed E-state index contributed by atoms with van der Waals surface area (Å²) in [5, 5.41) is 17.3. The molecule has 5 rings (SSSR count). The highest BCUT2D eigenvalue weighted by Gasteiger charge is 2.24. The molecule has 1 fully saturated rings. The first-order chi connectivity index (χ1) is 13.2. The maximum absolute atomic E-state index is 12.9. The minimum atomic E-state index is -0.189. The molecular formula is C21H24ClN5O. The second kappa shape index (κ2) is 7.53. The average Bonchev–Trinajstić information content (AvgIpc) is 3.29. The third-order valence-electron chi connectivity index (χ3n) is 5.92. The van der Waals surface area contributed by atoms with Crippen LogP contribution in [0.3, 0.4) is 0 Å². The molecule has 2 aromatic carbocycles. The number of nitrogens with one attached hydrogen (secondary N) is 2. The summed E-state index contributed by atoms with van der Waals surface area (Å²) in [5.74, 6) is -0.189. The van der Waals surface area contributed by atoms with Gasteiger partial charge in [-0.3, -0.25) is 4.79 Å². The number of hydrogen-bond donors (Lipinski definition) is 2. The topological polar surface area (TPSA) is 71.8 Å². The van der Waals surface area contributed by atoms with Crippen LogP contribution in [0.5, 0.6) is 0 Å². The van der Waals surface area contributed by atoms with Gasteiger partial charge in [-0.25, -0.2) is 4.68 Å². The van der Waals surface area contributed by atoms with Crippen LogP contribution in [0.1, 0.15) is 46.2 Å². The van der Waals surface area contributed by atoms with E-state index in [9.17, 15) is 4.79 Å². The van der Waals surface area contributed by atoms with Crippen molar-refractivity contribution in [1.29, 1.82) is 0 Å². The van der Waals surface area contributed by atoms with Gasteiger partial charge in [-0.15, -0.1) is 17.5 Å². The molecule has 7 heteroatoms. The van der Waals surface area contributed by atoms with Gasteiger partial charge >= 0.3 is 0 Å². The summed E-state index contributed by atoms with van der Waals surface area (Å²) in [4.78, 5) is 12.9. The summed E-state index contributed by atoms with van der Waals surface area (Å²) < 4.78 is 1.92. The van der Waals surface area contributed by atoms with Crippen molar-refractivity contribution in [3.63, 3.8) is 0 Å². The Balaban J connectivity index is 0.00000192. The molecular weight excluding hydrogens is 374 g/mol. The van der Waals surface area contributed by atoms with Crippen molar-refractivity contribution in [3.05, 3.63) is 52.8 Å². The van der Waals surface area contributed by atoms with Crippen molar-refractivity contribution < 1.29 is 4.79 Å². The van der Waals surface area contributed by atoms with Gasteiger partial charge in [0.1, 0.15) is 0 Å². The second-order valence-electron chi connectivity index (χ2n) is 7.52. The number of carbonyl (C=O) groups is 1. The smallest absolute Gasteiger partial charge is 0.278 e. The first-order valence-electron chi connectivity index (χ1n) is 9.69. The van der Waals surface area contributed by atoms with Gasteiger partial charge in [0.15, 0.2) is 5.69 Å². The van der Waals surface area contributed by atoms with Gasteiger partial charge < -0.3 is 10.6 Å². The Hall–Kier alpha value is -2.44. The standard InChI is InChI=1S/C21H23N5O.ClH/c1-13-20(24-25-26(13)16-9-11-22-12-10-16)21(27)23-18-8-7-15-6-5-14-3-2-4-17(18)19(14)15;/h2-4,7-8,16,22H,5-6,9-12H2,1H3,(H,23,27);1H. The Morgan fingerprint density at radius 2 is 1.89 bits per heavy atom. The number of piperidine rings is 1. The third-order valence-corrected chi connectivity index (χ3v) is 5.92.